The van der Waals surface area contributed by atoms with E-state index in [1.54, 1.807) is 0 Å². The molecule has 0 aliphatic heterocycles. The lowest BCUT2D eigenvalue weighted by atomic mass is 10.1. The summed E-state index contributed by atoms with van der Waals surface area (Å²) in [5.41, 5.74) is 0. The first kappa shape index (κ1) is 45.6. The molecule has 8 heteroatoms. The molecule has 0 fully saturated rings. The molecule has 2 atom stereocenters. The molecule has 0 aromatic heterocycles. The Morgan fingerprint density at radius 1 is 0.625 bits per heavy atom. The van der Waals surface area contributed by atoms with Gasteiger partial charge in [-0.15, -0.1) is 0 Å². The molecule has 8 nitrogen and oxygen atoms in total. The molecule has 1 N–H and O–H groups in total. The number of likely N-dealkylation sites (N-methyl/N-ethyl adjacent to an activating group) is 1. The minimum absolute atomic E-state index is 0.0363. The number of allylic oxidation sites excluding steroid dienone is 6. The Morgan fingerprint density at radius 3 is 1.77 bits per heavy atom. The van der Waals surface area contributed by atoms with Crippen LogP contribution >= 0.6 is 0 Å². The maximum absolute atomic E-state index is 12.6. The SMILES string of the molecule is CCCC/C=C/CCCCCCCC(=O)OCC(COCCC(C(=O)O)[N+](C)(C)C)OC(=O)CC/C=C/C/C=C/CCCCCCCC. The van der Waals surface area contributed by atoms with Crippen molar-refractivity contribution in [3.05, 3.63) is 36.5 Å². The van der Waals surface area contributed by atoms with E-state index in [1.165, 1.54) is 64.2 Å². The van der Waals surface area contributed by atoms with Gasteiger partial charge in [-0.05, 0) is 51.4 Å². The van der Waals surface area contributed by atoms with Gasteiger partial charge in [-0.1, -0.05) is 115 Å². The van der Waals surface area contributed by atoms with Gasteiger partial charge < -0.3 is 23.8 Å². The Kier molecular flexibility index (Phi) is 30.2. The second-order valence-corrected chi connectivity index (χ2v) is 13.8. The molecular formula is C40H72NO7+. The molecule has 0 aromatic rings. The number of rotatable bonds is 33. The zero-order valence-electron chi connectivity index (χ0n) is 31.4. The lowest BCUT2D eigenvalue weighted by Crippen LogP contribution is -2.50. The molecule has 0 radical (unpaired) electrons. The van der Waals surface area contributed by atoms with Crippen molar-refractivity contribution >= 4 is 17.9 Å². The van der Waals surface area contributed by atoms with Gasteiger partial charge in [0.2, 0.25) is 0 Å². The number of hydrogen-bond donors (Lipinski definition) is 1. The van der Waals surface area contributed by atoms with Crippen LogP contribution in [0.25, 0.3) is 0 Å². The van der Waals surface area contributed by atoms with Crippen LogP contribution in [-0.2, 0) is 28.6 Å². The summed E-state index contributed by atoms with van der Waals surface area (Å²) in [6.07, 6.45) is 33.4. The minimum Gasteiger partial charge on any atom is -0.477 e. The molecule has 0 spiro atoms. The molecule has 0 amide bonds. The Balaban J connectivity index is 4.53. The standard InChI is InChI=1S/C40H71NO7/c1-6-8-10-12-14-16-18-19-21-23-25-27-29-31-39(43)48-36(34-46-33-32-37(40(44)45)41(3,4)5)35-47-38(42)30-28-26-24-22-20-17-15-13-11-9-7-2/h13,15,19,21,25,27,36-37H,6-12,14,16-18,20,22-24,26,28-35H2,1-5H3/p+1/b15-13+,21-19+,27-25+. The third-order valence-electron chi connectivity index (χ3n) is 8.28. The third kappa shape index (κ3) is 29.7. The average molecular weight is 679 g/mol. The molecule has 0 aliphatic carbocycles. The van der Waals surface area contributed by atoms with Gasteiger partial charge in [0.15, 0.2) is 12.1 Å². The smallest absolute Gasteiger partial charge is 0.362 e. The van der Waals surface area contributed by atoms with Crippen molar-refractivity contribution in [2.45, 2.75) is 161 Å². The Bertz CT molecular complexity index is 891. The first-order valence-electron chi connectivity index (χ1n) is 19.0. The quantitative estimate of drug-likeness (QED) is 0.0319. The second kappa shape index (κ2) is 31.8. The number of carbonyl (C=O) groups is 3. The number of carboxylic acid groups (broad SMARTS) is 1. The number of hydrogen-bond acceptors (Lipinski definition) is 6. The van der Waals surface area contributed by atoms with Gasteiger partial charge in [0, 0.05) is 19.3 Å². The van der Waals surface area contributed by atoms with Gasteiger partial charge in [0.05, 0.1) is 34.4 Å². The van der Waals surface area contributed by atoms with Gasteiger partial charge in [-0.2, -0.15) is 0 Å². The van der Waals surface area contributed by atoms with E-state index in [-0.39, 0.29) is 42.7 Å². The fourth-order valence-electron chi connectivity index (χ4n) is 5.24. The molecular weight excluding hydrogens is 606 g/mol. The normalized spacial score (nSPS) is 13.4. The van der Waals surface area contributed by atoms with E-state index < -0.39 is 18.1 Å². The number of quaternary nitrogens is 1. The summed E-state index contributed by atoms with van der Waals surface area (Å²) < 4.78 is 17.1. The van der Waals surface area contributed by atoms with Crippen LogP contribution < -0.4 is 0 Å². The monoisotopic (exact) mass is 679 g/mol. The predicted octanol–water partition coefficient (Wildman–Crippen LogP) is 9.52. The molecule has 0 aliphatic rings. The topological polar surface area (TPSA) is 99.1 Å². The molecule has 0 heterocycles. The van der Waals surface area contributed by atoms with Crippen molar-refractivity contribution in [2.75, 3.05) is 41.0 Å². The second-order valence-electron chi connectivity index (χ2n) is 13.8. The van der Waals surface area contributed by atoms with Crippen LogP contribution in [0.5, 0.6) is 0 Å². The first-order chi connectivity index (χ1) is 23.1. The summed E-state index contributed by atoms with van der Waals surface area (Å²) in [5.74, 6) is -1.57. The van der Waals surface area contributed by atoms with Crippen LogP contribution in [0.2, 0.25) is 0 Å². The zero-order valence-corrected chi connectivity index (χ0v) is 31.4. The van der Waals surface area contributed by atoms with Crippen LogP contribution in [0.1, 0.15) is 149 Å². The highest BCUT2D eigenvalue weighted by atomic mass is 16.6. The van der Waals surface area contributed by atoms with E-state index in [0.29, 0.717) is 19.3 Å². The van der Waals surface area contributed by atoms with Crippen molar-refractivity contribution in [1.29, 1.82) is 0 Å². The summed E-state index contributed by atoms with van der Waals surface area (Å²) in [4.78, 5) is 36.7. The third-order valence-corrected chi connectivity index (χ3v) is 8.28. The van der Waals surface area contributed by atoms with Gasteiger partial charge >= 0.3 is 17.9 Å². The van der Waals surface area contributed by atoms with Gasteiger partial charge in [-0.25, -0.2) is 4.79 Å². The number of esters is 2. The van der Waals surface area contributed by atoms with Crippen LogP contribution in [0.3, 0.4) is 0 Å². The molecule has 2 unspecified atom stereocenters. The Morgan fingerprint density at radius 2 is 1.17 bits per heavy atom. The molecule has 0 bridgehead atoms. The summed E-state index contributed by atoms with van der Waals surface area (Å²) in [5, 5.41) is 9.57. The van der Waals surface area contributed by atoms with E-state index >= 15 is 0 Å². The van der Waals surface area contributed by atoms with Gasteiger partial charge in [0.1, 0.15) is 6.61 Å². The van der Waals surface area contributed by atoms with E-state index in [2.05, 4.69) is 44.2 Å². The molecule has 278 valence electrons. The highest BCUT2D eigenvalue weighted by Gasteiger charge is 2.31. The van der Waals surface area contributed by atoms with Crippen molar-refractivity contribution in [3.8, 4) is 0 Å². The maximum atomic E-state index is 12.6. The number of nitrogens with zero attached hydrogens (tertiary/aromatic N) is 1. The number of unbranched alkanes of at least 4 members (excludes halogenated alkanes) is 13. The molecule has 0 saturated carbocycles. The van der Waals surface area contributed by atoms with Crippen molar-refractivity contribution in [1.82, 2.24) is 0 Å². The predicted molar refractivity (Wildman–Crippen MR) is 197 cm³/mol. The van der Waals surface area contributed by atoms with Crippen molar-refractivity contribution in [3.63, 3.8) is 0 Å². The lowest BCUT2D eigenvalue weighted by molar-refractivity contribution is -0.887. The highest BCUT2D eigenvalue weighted by molar-refractivity contribution is 5.72. The van der Waals surface area contributed by atoms with E-state index in [4.69, 9.17) is 14.2 Å². The molecule has 48 heavy (non-hydrogen) atoms. The molecule has 0 aromatic carbocycles. The minimum atomic E-state index is -0.886. The average Bonchev–Trinajstić information content (AvgIpc) is 3.03. The first-order valence-corrected chi connectivity index (χ1v) is 19.0. The largest absolute Gasteiger partial charge is 0.477 e. The zero-order chi connectivity index (χ0) is 35.7. The lowest BCUT2D eigenvalue weighted by Gasteiger charge is -2.31. The van der Waals surface area contributed by atoms with E-state index in [1.807, 2.05) is 27.2 Å². The van der Waals surface area contributed by atoms with Gasteiger partial charge in [-0.3, -0.25) is 9.59 Å². The van der Waals surface area contributed by atoms with Crippen molar-refractivity contribution < 1.29 is 38.2 Å². The van der Waals surface area contributed by atoms with E-state index in [9.17, 15) is 19.5 Å². The Labute approximate surface area is 293 Å². The summed E-state index contributed by atoms with van der Waals surface area (Å²) >= 11 is 0. The molecule has 0 rings (SSSR count). The number of ether oxygens (including phenoxy) is 3. The Hall–Kier alpha value is -2.45. The highest BCUT2D eigenvalue weighted by Crippen LogP contribution is 2.12. The van der Waals surface area contributed by atoms with Crippen molar-refractivity contribution in [2.24, 2.45) is 0 Å². The summed E-state index contributed by atoms with van der Waals surface area (Å²) in [6.45, 7) is 4.59. The molecule has 0 saturated heterocycles. The van der Waals surface area contributed by atoms with Gasteiger partial charge in [0.25, 0.3) is 0 Å². The number of carbonyl (C=O) groups excluding carboxylic acids is 2. The van der Waals surface area contributed by atoms with E-state index in [0.717, 1.165) is 44.9 Å². The van der Waals surface area contributed by atoms with Crippen LogP contribution in [0, 0.1) is 0 Å². The summed E-state index contributed by atoms with van der Waals surface area (Å²) in [7, 11) is 5.49. The number of aliphatic carboxylic acids is 1. The number of carboxylic acids is 1. The fourth-order valence-corrected chi connectivity index (χ4v) is 5.24. The van der Waals surface area contributed by atoms with Crippen LogP contribution in [-0.4, -0.2) is 80.6 Å². The maximum Gasteiger partial charge on any atom is 0.362 e. The van der Waals surface area contributed by atoms with Crippen LogP contribution in [0.15, 0.2) is 36.5 Å². The fraction of sp³-hybridized carbons (Fsp3) is 0.775. The van der Waals surface area contributed by atoms with Crippen LogP contribution in [0.4, 0.5) is 0 Å². The summed E-state index contributed by atoms with van der Waals surface area (Å²) in [6, 6.07) is -0.622.